The van der Waals surface area contributed by atoms with Crippen molar-refractivity contribution < 1.29 is 17.9 Å². The Kier molecular flexibility index (Phi) is 4.04. The number of nitrogens with zero attached hydrogens (tertiary/aromatic N) is 1. The summed E-state index contributed by atoms with van der Waals surface area (Å²) in [5.74, 6) is 0.321. The molecular formula is C14H18F3NO. The predicted octanol–water partition coefficient (Wildman–Crippen LogP) is 3.49. The lowest BCUT2D eigenvalue weighted by Crippen LogP contribution is -2.35. The van der Waals surface area contributed by atoms with Crippen LogP contribution in [-0.2, 0) is 6.18 Å². The molecule has 106 valence electrons. The van der Waals surface area contributed by atoms with Crippen LogP contribution in [-0.4, -0.2) is 31.1 Å². The van der Waals surface area contributed by atoms with E-state index in [-0.39, 0.29) is 6.10 Å². The molecule has 0 aromatic heterocycles. The molecule has 0 unspecified atom stereocenters. The molecule has 0 atom stereocenters. The summed E-state index contributed by atoms with van der Waals surface area (Å²) >= 11 is 0. The third-order valence-corrected chi connectivity index (χ3v) is 3.35. The first-order valence-corrected chi connectivity index (χ1v) is 6.38. The molecule has 1 aromatic carbocycles. The molecule has 0 saturated carbocycles. The molecule has 1 aromatic rings. The largest absolute Gasteiger partial charge is 0.490 e. The van der Waals surface area contributed by atoms with Gasteiger partial charge in [0.1, 0.15) is 11.9 Å². The first-order chi connectivity index (χ1) is 8.84. The van der Waals surface area contributed by atoms with Gasteiger partial charge in [-0.1, -0.05) is 0 Å². The topological polar surface area (TPSA) is 12.5 Å². The van der Waals surface area contributed by atoms with Crippen molar-refractivity contribution in [2.75, 3.05) is 20.1 Å². The van der Waals surface area contributed by atoms with Crippen LogP contribution in [0.5, 0.6) is 5.75 Å². The summed E-state index contributed by atoms with van der Waals surface area (Å²) in [5, 5.41) is 0. The second-order valence-corrected chi connectivity index (χ2v) is 5.15. The SMILES string of the molecule is Cc1cc(OC2CCN(C)CC2)cc(C(F)(F)F)c1. The molecule has 5 heteroatoms. The first-order valence-electron chi connectivity index (χ1n) is 6.38. The lowest BCUT2D eigenvalue weighted by Gasteiger charge is -2.29. The number of rotatable bonds is 2. The molecule has 1 fully saturated rings. The summed E-state index contributed by atoms with van der Waals surface area (Å²) in [5.41, 5.74) is -0.0758. The molecule has 0 radical (unpaired) electrons. The van der Waals surface area contributed by atoms with Crippen molar-refractivity contribution in [1.29, 1.82) is 0 Å². The van der Waals surface area contributed by atoms with Gasteiger partial charge >= 0.3 is 6.18 Å². The lowest BCUT2D eigenvalue weighted by atomic mass is 10.1. The number of likely N-dealkylation sites (tertiary alicyclic amines) is 1. The highest BCUT2D eigenvalue weighted by molar-refractivity contribution is 5.35. The Morgan fingerprint density at radius 1 is 1.16 bits per heavy atom. The van der Waals surface area contributed by atoms with E-state index in [2.05, 4.69) is 4.90 Å². The van der Waals surface area contributed by atoms with Crippen molar-refractivity contribution in [1.82, 2.24) is 4.90 Å². The van der Waals surface area contributed by atoms with Crippen LogP contribution < -0.4 is 4.74 Å². The molecule has 0 N–H and O–H groups in total. The number of alkyl halides is 3. The third-order valence-electron chi connectivity index (χ3n) is 3.35. The van der Waals surface area contributed by atoms with Crippen molar-refractivity contribution in [3.05, 3.63) is 29.3 Å². The number of ether oxygens (including phenoxy) is 1. The van der Waals surface area contributed by atoms with Gasteiger partial charge in [-0.3, -0.25) is 0 Å². The molecular weight excluding hydrogens is 255 g/mol. The summed E-state index contributed by atoms with van der Waals surface area (Å²) in [6, 6.07) is 3.89. The van der Waals surface area contributed by atoms with Gasteiger partial charge in [0.25, 0.3) is 0 Å². The van der Waals surface area contributed by atoms with Gasteiger partial charge in [0.15, 0.2) is 0 Å². The average Bonchev–Trinajstić information content (AvgIpc) is 2.30. The molecule has 1 saturated heterocycles. The molecule has 2 rings (SSSR count). The van der Waals surface area contributed by atoms with E-state index in [4.69, 9.17) is 4.74 Å². The lowest BCUT2D eigenvalue weighted by molar-refractivity contribution is -0.137. The van der Waals surface area contributed by atoms with Gasteiger partial charge in [0.05, 0.1) is 5.56 Å². The predicted molar refractivity (Wildman–Crippen MR) is 67.3 cm³/mol. The van der Waals surface area contributed by atoms with Crippen molar-refractivity contribution in [2.45, 2.75) is 32.0 Å². The average molecular weight is 273 g/mol. The Bertz CT molecular complexity index is 437. The zero-order valence-electron chi connectivity index (χ0n) is 11.1. The van der Waals surface area contributed by atoms with Crippen LogP contribution in [0.25, 0.3) is 0 Å². The maximum atomic E-state index is 12.7. The summed E-state index contributed by atoms with van der Waals surface area (Å²) in [7, 11) is 2.03. The fraction of sp³-hybridized carbons (Fsp3) is 0.571. The Hall–Kier alpha value is -1.23. The van der Waals surface area contributed by atoms with Crippen LogP contribution in [0, 0.1) is 6.92 Å². The molecule has 0 spiro atoms. The van der Waals surface area contributed by atoms with Gasteiger partial charge in [-0.05, 0) is 50.6 Å². The second kappa shape index (κ2) is 5.41. The quantitative estimate of drug-likeness (QED) is 0.818. The van der Waals surface area contributed by atoms with E-state index < -0.39 is 11.7 Å². The normalized spacial score (nSPS) is 18.6. The van der Waals surface area contributed by atoms with Gasteiger partial charge in [-0.15, -0.1) is 0 Å². The molecule has 0 amide bonds. The third kappa shape index (κ3) is 3.86. The molecule has 1 aliphatic heterocycles. The number of halogens is 3. The zero-order chi connectivity index (χ0) is 14.0. The van der Waals surface area contributed by atoms with E-state index in [1.54, 1.807) is 13.0 Å². The summed E-state index contributed by atoms with van der Waals surface area (Å²) in [4.78, 5) is 2.19. The van der Waals surface area contributed by atoms with Gasteiger partial charge in [-0.25, -0.2) is 0 Å². The van der Waals surface area contributed by atoms with Crippen molar-refractivity contribution >= 4 is 0 Å². The summed E-state index contributed by atoms with van der Waals surface area (Å²) in [6.07, 6.45) is -2.60. The Morgan fingerprint density at radius 2 is 1.79 bits per heavy atom. The van der Waals surface area contributed by atoms with Crippen molar-refractivity contribution in [2.24, 2.45) is 0 Å². The van der Waals surface area contributed by atoms with Crippen LogP contribution in [0.1, 0.15) is 24.0 Å². The van der Waals surface area contributed by atoms with Crippen LogP contribution in [0.2, 0.25) is 0 Å². The number of aryl methyl sites for hydroxylation is 1. The van der Waals surface area contributed by atoms with Crippen LogP contribution in [0.3, 0.4) is 0 Å². The number of hydrogen-bond donors (Lipinski definition) is 0. The maximum Gasteiger partial charge on any atom is 0.416 e. The van der Waals surface area contributed by atoms with Crippen LogP contribution >= 0.6 is 0 Å². The molecule has 1 heterocycles. The van der Waals surface area contributed by atoms with E-state index in [9.17, 15) is 13.2 Å². The Morgan fingerprint density at radius 3 is 2.37 bits per heavy atom. The highest BCUT2D eigenvalue weighted by atomic mass is 19.4. The molecule has 19 heavy (non-hydrogen) atoms. The van der Waals surface area contributed by atoms with E-state index in [0.29, 0.717) is 11.3 Å². The van der Waals surface area contributed by atoms with E-state index in [0.717, 1.165) is 38.1 Å². The summed E-state index contributed by atoms with van der Waals surface area (Å²) < 4.78 is 43.8. The fourth-order valence-corrected chi connectivity index (χ4v) is 2.27. The van der Waals surface area contributed by atoms with Crippen LogP contribution in [0.15, 0.2) is 18.2 Å². The van der Waals surface area contributed by atoms with Crippen molar-refractivity contribution in [3.8, 4) is 5.75 Å². The van der Waals surface area contributed by atoms with Gasteiger partial charge < -0.3 is 9.64 Å². The standard InChI is InChI=1S/C14H18F3NO/c1-10-7-11(14(15,16)17)9-13(8-10)19-12-3-5-18(2)6-4-12/h7-9,12H,3-6H2,1-2H3. The smallest absolute Gasteiger partial charge is 0.416 e. The minimum atomic E-state index is -4.32. The molecule has 0 aliphatic carbocycles. The number of benzene rings is 1. The fourth-order valence-electron chi connectivity index (χ4n) is 2.27. The highest BCUT2D eigenvalue weighted by Crippen LogP contribution is 2.33. The van der Waals surface area contributed by atoms with E-state index >= 15 is 0 Å². The monoisotopic (exact) mass is 273 g/mol. The molecule has 2 nitrogen and oxygen atoms in total. The maximum absolute atomic E-state index is 12.7. The zero-order valence-corrected chi connectivity index (χ0v) is 11.1. The minimum absolute atomic E-state index is 0.0130. The van der Waals surface area contributed by atoms with E-state index in [1.807, 2.05) is 7.05 Å². The molecule has 0 bridgehead atoms. The Balaban J connectivity index is 2.10. The minimum Gasteiger partial charge on any atom is -0.490 e. The number of piperidine rings is 1. The van der Waals surface area contributed by atoms with Crippen LogP contribution in [0.4, 0.5) is 13.2 Å². The van der Waals surface area contributed by atoms with E-state index in [1.165, 1.54) is 0 Å². The van der Waals surface area contributed by atoms with Gasteiger partial charge in [-0.2, -0.15) is 13.2 Å². The van der Waals surface area contributed by atoms with Crippen molar-refractivity contribution in [3.63, 3.8) is 0 Å². The Labute approximate surface area is 111 Å². The number of hydrogen-bond acceptors (Lipinski definition) is 2. The van der Waals surface area contributed by atoms with Gasteiger partial charge in [0.2, 0.25) is 0 Å². The molecule has 1 aliphatic rings. The summed E-state index contributed by atoms with van der Waals surface area (Å²) in [6.45, 7) is 3.49. The second-order valence-electron chi connectivity index (χ2n) is 5.15. The highest BCUT2D eigenvalue weighted by Gasteiger charge is 2.31. The van der Waals surface area contributed by atoms with Gasteiger partial charge in [0, 0.05) is 13.1 Å². The first kappa shape index (κ1) is 14.2.